The fourth-order valence-electron chi connectivity index (χ4n) is 1.92. The Morgan fingerprint density at radius 1 is 0.722 bits per heavy atom. The lowest BCUT2D eigenvalue weighted by Gasteiger charge is -2.13. The van der Waals surface area contributed by atoms with Gasteiger partial charge in [-0.25, -0.2) is 8.78 Å². The molecule has 0 unspecified atom stereocenters. The summed E-state index contributed by atoms with van der Waals surface area (Å²) in [5.74, 6) is -0.807. The Morgan fingerprint density at radius 2 is 1.11 bits per heavy atom. The van der Waals surface area contributed by atoms with E-state index >= 15 is 0 Å². The highest BCUT2D eigenvalue weighted by Gasteiger charge is 2.17. The summed E-state index contributed by atoms with van der Waals surface area (Å²) < 4.78 is 28.0. The van der Waals surface area contributed by atoms with Crippen molar-refractivity contribution in [3.63, 3.8) is 0 Å². The van der Waals surface area contributed by atoms with Crippen molar-refractivity contribution in [3.8, 4) is 11.1 Å². The Bertz CT molecular complexity index is 516. The third-order valence-corrected chi connectivity index (χ3v) is 3.95. The van der Waals surface area contributed by atoms with Crippen LogP contribution in [0.4, 0.5) is 8.78 Å². The van der Waals surface area contributed by atoms with Crippen LogP contribution in [0, 0.1) is 11.6 Å². The average molecular weight is 376 g/mol. The van der Waals surface area contributed by atoms with Gasteiger partial charge in [-0.1, -0.05) is 56.1 Å². The molecule has 0 radical (unpaired) electrons. The number of benzene rings is 2. The summed E-state index contributed by atoms with van der Waals surface area (Å²) in [5, 5.41) is 0.965. The third kappa shape index (κ3) is 2.50. The molecule has 0 amide bonds. The summed E-state index contributed by atoms with van der Waals surface area (Å²) in [7, 11) is 0. The van der Waals surface area contributed by atoms with Gasteiger partial charge in [0.25, 0.3) is 0 Å². The van der Waals surface area contributed by atoms with E-state index < -0.39 is 11.6 Å². The molecule has 0 aliphatic rings. The number of hydrogen-bond acceptors (Lipinski definition) is 0. The smallest absolute Gasteiger partial charge is 0.131 e. The quantitative estimate of drug-likeness (QED) is 0.628. The first-order valence-electron chi connectivity index (χ1n) is 5.36. The van der Waals surface area contributed by atoms with E-state index in [2.05, 4.69) is 31.9 Å². The monoisotopic (exact) mass is 374 g/mol. The van der Waals surface area contributed by atoms with Gasteiger partial charge < -0.3 is 0 Å². The Kier molecular flexibility index (Phi) is 4.51. The maximum Gasteiger partial charge on any atom is 0.131 e. The van der Waals surface area contributed by atoms with Gasteiger partial charge in [0, 0.05) is 21.8 Å². The number of halogens is 4. The first-order chi connectivity index (χ1) is 8.69. The van der Waals surface area contributed by atoms with Crippen molar-refractivity contribution < 1.29 is 8.78 Å². The highest BCUT2D eigenvalue weighted by Crippen LogP contribution is 2.34. The summed E-state index contributed by atoms with van der Waals surface area (Å²) in [4.78, 5) is 0. The molecule has 2 rings (SSSR count). The molecule has 2 aromatic rings. The van der Waals surface area contributed by atoms with Gasteiger partial charge in [-0.05, 0) is 23.3 Å². The molecule has 0 saturated carbocycles. The summed E-state index contributed by atoms with van der Waals surface area (Å²) >= 11 is 6.62. The van der Waals surface area contributed by atoms with Crippen LogP contribution in [0.2, 0.25) is 0 Å². The molecule has 0 heterocycles. The van der Waals surface area contributed by atoms with Crippen molar-refractivity contribution in [1.29, 1.82) is 0 Å². The molecule has 2 aromatic carbocycles. The van der Waals surface area contributed by atoms with Crippen LogP contribution in [0.1, 0.15) is 11.1 Å². The van der Waals surface area contributed by atoms with Gasteiger partial charge in [0.2, 0.25) is 0 Å². The minimum Gasteiger partial charge on any atom is -0.206 e. The van der Waals surface area contributed by atoms with Crippen LogP contribution in [0.15, 0.2) is 36.4 Å². The molecular formula is C14H10Br2F2. The number of hydrogen-bond donors (Lipinski definition) is 0. The van der Waals surface area contributed by atoms with Crippen molar-refractivity contribution >= 4 is 31.9 Å². The topological polar surface area (TPSA) is 0 Å². The molecule has 0 aromatic heterocycles. The molecule has 94 valence electrons. The zero-order chi connectivity index (χ0) is 13.1. The predicted molar refractivity (Wildman–Crippen MR) is 77.1 cm³/mol. The zero-order valence-corrected chi connectivity index (χ0v) is 12.6. The van der Waals surface area contributed by atoms with Crippen molar-refractivity contribution in [1.82, 2.24) is 0 Å². The minimum absolute atomic E-state index is 0.335. The van der Waals surface area contributed by atoms with E-state index in [-0.39, 0.29) is 0 Å². The summed E-state index contributed by atoms with van der Waals surface area (Å²) in [6, 6.07) is 9.54. The van der Waals surface area contributed by atoms with Crippen LogP contribution in [0.25, 0.3) is 11.1 Å². The second-order valence-electron chi connectivity index (χ2n) is 3.82. The Labute approximate surface area is 121 Å². The summed E-state index contributed by atoms with van der Waals surface area (Å²) in [5.41, 5.74) is 2.15. The van der Waals surface area contributed by atoms with E-state index in [0.29, 0.717) is 21.8 Å². The van der Waals surface area contributed by atoms with E-state index in [9.17, 15) is 8.78 Å². The molecule has 4 heteroatoms. The molecular weight excluding hydrogens is 366 g/mol. The molecule has 18 heavy (non-hydrogen) atoms. The highest BCUT2D eigenvalue weighted by molar-refractivity contribution is 9.08. The fraction of sp³-hybridized carbons (Fsp3) is 0.143. The Balaban J connectivity index is 2.76. The van der Waals surface area contributed by atoms with Crippen LogP contribution < -0.4 is 0 Å². The number of rotatable bonds is 3. The van der Waals surface area contributed by atoms with Crippen LogP contribution >= 0.6 is 31.9 Å². The molecule has 0 aliphatic carbocycles. The lowest BCUT2D eigenvalue weighted by Crippen LogP contribution is -1.97. The van der Waals surface area contributed by atoms with Crippen molar-refractivity contribution in [2.75, 3.05) is 0 Å². The van der Waals surface area contributed by atoms with Gasteiger partial charge in [-0.2, -0.15) is 0 Å². The summed E-state index contributed by atoms with van der Waals surface area (Å²) in [6.45, 7) is 0. The van der Waals surface area contributed by atoms with E-state index in [1.54, 1.807) is 24.3 Å². The molecule has 0 bridgehead atoms. The zero-order valence-electron chi connectivity index (χ0n) is 9.39. The van der Waals surface area contributed by atoms with Gasteiger partial charge >= 0.3 is 0 Å². The van der Waals surface area contributed by atoms with E-state index in [4.69, 9.17) is 0 Å². The van der Waals surface area contributed by atoms with Gasteiger partial charge in [-0.15, -0.1) is 0 Å². The molecule has 0 fully saturated rings. The van der Waals surface area contributed by atoms with E-state index in [1.807, 2.05) is 0 Å². The van der Waals surface area contributed by atoms with Gasteiger partial charge in [0.1, 0.15) is 11.6 Å². The van der Waals surface area contributed by atoms with Crippen LogP contribution in [-0.2, 0) is 10.7 Å². The first kappa shape index (κ1) is 13.7. The van der Waals surface area contributed by atoms with Gasteiger partial charge in [0.15, 0.2) is 0 Å². The molecule has 0 saturated heterocycles. The molecule has 0 nitrogen and oxygen atoms in total. The average Bonchev–Trinajstić information content (AvgIpc) is 2.38. The van der Waals surface area contributed by atoms with Crippen molar-refractivity contribution in [2.24, 2.45) is 0 Å². The van der Waals surface area contributed by atoms with Gasteiger partial charge in [-0.3, -0.25) is 0 Å². The van der Waals surface area contributed by atoms with E-state index in [0.717, 1.165) is 11.1 Å². The Morgan fingerprint density at radius 3 is 1.44 bits per heavy atom. The molecule has 0 spiro atoms. The predicted octanol–water partition coefficient (Wildman–Crippen LogP) is 5.42. The van der Waals surface area contributed by atoms with Gasteiger partial charge in [0.05, 0.1) is 0 Å². The maximum atomic E-state index is 14.0. The second-order valence-corrected chi connectivity index (χ2v) is 4.94. The molecule has 0 N–H and O–H groups in total. The lowest BCUT2D eigenvalue weighted by molar-refractivity contribution is 0.614. The molecule has 0 atom stereocenters. The summed E-state index contributed by atoms with van der Waals surface area (Å²) in [6.07, 6.45) is 0. The van der Waals surface area contributed by atoms with Crippen LogP contribution in [0.5, 0.6) is 0 Å². The van der Waals surface area contributed by atoms with Crippen molar-refractivity contribution in [2.45, 2.75) is 10.7 Å². The minimum atomic E-state index is -0.403. The lowest BCUT2D eigenvalue weighted by atomic mass is 9.95. The first-order valence-corrected chi connectivity index (χ1v) is 7.60. The Hall–Kier alpha value is -0.740. The third-order valence-electron chi connectivity index (χ3n) is 2.74. The van der Waals surface area contributed by atoms with Crippen molar-refractivity contribution in [3.05, 3.63) is 59.2 Å². The SMILES string of the molecule is Fc1cccc(CBr)c1-c1c(F)cccc1CBr. The van der Waals surface area contributed by atoms with Crippen LogP contribution in [-0.4, -0.2) is 0 Å². The largest absolute Gasteiger partial charge is 0.206 e. The molecule has 0 aliphatic heterocycles. The second kappa shape index (κ2) is 5.93. The normalized spacial score (nSPS) is 10.7. The maximum absolute atomic E-state index is 14.0. The highest BCUT2D eigenvalue weighted by atomic mass is 79.9. The number of alkyl halides is 2. The standard InChI is InChI=1S/C14H10Br2F2/c15-7-9-3-1-5-11(17)13(9)14-10(8-16)4-2-6-12(14)18/h1-6H,7-8H2. The fourth-order valence-corrected chi connectivity index (χ4v) is 2.85. The van der Waals surface area contributed by atoms with E-state index in [1.165, 1.54) is 12.1 Å². The van der Waals surface area contributed by atoms with Crippen LogP contribution in [0.3, 0.4) is 0 Å².